The zero-order chi connectivity index (χ0) is 10.9. The molecule has 0 aliphatic rings. The molecule has 1 rings (SSSR count). The van der Waals surface area contributed by atoms with Crippen molar-refractivity contribution in [3.63, 3.8) is 0 Å². The molecule has 0 heterocycles. The van der Waals surface area contributed by atoms with Gasteiger partial charge in [0.1, 0.15) is 5.75 Å². The Morgan fingerprint density at radius 1 is 1.33 bits per heavy atom. The average Bonchev–Trinajstić information content (AvgIpc) is 2.26. The van der Waals surface area contributed by atoms with E-state index < -0.39 is 0 Å². The predicted molar refractivity (Wildman–Crippen MR) is 59.7 cm³/mol. The van der Waals surface area contributed by atoms with Crippen LogP contribution < -0.4 is 4.74 Å². The van der Waals surface area contributed by atoms with Crippen LogP contribution in [0.15, 0.2) is 24.3 Å². The van der Waals surface area contributed by atoms with E-state index in [1.165, 1.54) is 12.8 Å². The maximum absolute atomic E-state index is 11.3. The van der Waals surface area contributed by atoms with E-state index in [0.29, 0.717) is 12.2 Å². The molecule has 0 saturated heterocycles. The van der Waals surface area contributed by atoms with Gasteiger partial charge >= 0.3 is 5.97 Å². The second kappa shape index (κ2) is 7.04. The van der Waals surface area contributed by atoms with E-state index in [-0.39, 0.29) is 5.97 Å². The minimum absolute atomic E-state index is 0.159. The van der Waals surface area contributed by atoms with Gasteiger partial charge in [-0.25, -0.2) is 0 Å². The van der Waals surface area contributed by atoms with Gasteiger partial charge in [-0.05, 0) is 12.5 Å². The van der Waals surface area contributed by atoms with Gasteiger partial charge in [-0.3, -0.25) is 4.79 Å². The summed E-state index contributed by atoms with van der Waals surface area (Å²) in [7, 11) is 0. The first-order chi connectivity index (χ1) is 7.33. The van der Waals surface area contributed by atoms with Crippen LogP contribution in [0.4, 0.5) is 0 Å². The molecule has 1 aromatic rings. The molecular formula is C13H17O2. The van der Waals surface area contributed by atoms with Gasteiger partial charge in [-0.1, -0.05) is 44.4 Å². The molecule has 0 atom stereocenters. The zero-order valence-electron chi connectivity index (χ0n) is 9.16. The van der Waals surface area contributed by atoms with Gasteiger partial charge in [0.2, 0.25) is 0 Å². The summed E-state index contributed by atoms with van der Waals surface area (Å²) in [5.74, 6) is 0.353. The lowest BCUT2D eigenvalue weighted by Gasteiger charge is -2.02. The van der Waals surface area contributed by atoms with E-state index >= 15 is 0 Å². The lowest BCUT2D eigenvalue weighted by molar-refractivity contribution is -0.134. The lowest BCUT2D eigenvalue weighted by atomic mass is 10.1. The van der Waals surface area contributed by atoms with Gasteiger partial charge in [0.25, 0.3) is 0 Å². The summed E-state index contributed by atoms with van der Waals surface area (Å²) < 4.78 is 5.10. The molecule has 0 unspecified atom stereocenters. The number of unbranched alkanes of at least 4 members (excludes halogenated alkanes) is 3. The minimum Gasteiger partial charge on any atom is -0.426 e. The number of rotatable bonds is 6. The smallest absolute Gasteiger partial charge is 0.311 e. The molecule has 1 radical (unpaired) electrons. The van der Waals surface area contributed by atoms with E-state index in [1.54, 1.807) is 12.1 Å². The fourth-order valence-corrected chi connectivity index (χ4v) is 1.31. The third kappa shape index (κ3) is 5.21. The monoisotopic (exact) mass is 205 g/mol. The van der Waals surface area contributed by atoms with Crippen molar-refractivity contribution in [2.24, 2.45) is 0 Å². The van der Waals surface area contributed by atoms with Crippen molar-refractivity contribution in [1.29, 1.82) is 0 Å². The van der Waals surface area contributed by atoms with Crippen molar-refractivity contribution in [3.05, 3.63) is 30.3 Å². The number of carbonyl (C=O) groups is 1. The summed E-state index contributed by atoms with van der Waals surface area (Å²) in [6.45, 7) is 2.15. The summed E-state index contributed by atoms with van der Waals surface area (Å²) in [4.78, 5) is 11.3. The molecule has 1 aromatic carbocycles. The zero-order valence-corrected chi connectivity index (χ0v) is 9.16. The molecule has 81 valence electrons. The Bertz CT molecular complexity index is 280. The van der Waals surface area contributed by atoms with Crippen molar-refractivity contribution in [2.75, 3.05) is 0 Å². The van der Waals surface area contributed by atoms with Crippen LogP contribution in [0.1, 0.15) is 39.0 Å². The predicted octanol–water partition coefficient (Wildman–Crippen LogP) is 3.36. The van der Waals surface area contributed by atoms with Crippen LogP contribution >= 0.6 is 0 Å². The van der Waals surface area contributed by atoms with Crippen LogP contribution in [0.3, 0.4) is 0 Å². The first-order valence-corrected chi connectivity index (χ1v) is 5.50. The Hall–Kier alpha value is -1.31. The number of para-hydroxylation sites is 1. The molecule has 0 N–H and O–H groups in total. The molecule has 0 spiro atoms. The van der Waals surface area contributed by atoms with E-state index in [2.05, 4.69) is 13.0 Å². The molecular weight excluding hydrogens is 188 g/mol. The highest BCUT2D eigenvalue weighted by atomic mass is 16.5. The third-order valence-electron chi connectivity index (χ3n) is 2.14. The minimum atomic E-state index is -0.159. The van der Waals surface area contributed by atoms with E-state index in [1.807, 2.05) is 12.1 Å². The van der Waals surface area contributed by atoms with Gasteiger partial charge in [0, 0.05) is 12.5 Å². The average molecular weight is 205 g/mol. The van der Waals surface area contributed by atoms with E-state index in [9.17, 15) is 4.79 Å². The van der Waals surface area contributed by atoms with Crippen molar-refractivity contribution in [3.8, 4) is 5.75 Å². The van der Waals surface area contributed by atoms with E-state index in [0.717, 1.165) is 12.8 Å². The van der Waals surface area contributed by atoms with Crippen molar-refractivity contribution >= 4 is 5.97 Å². The SMILES string of the molecule is CCCCCCC(=O)Oc1[c]cccc1. The van der Waals surface area contributed by atoms with Crippen molar-refractivity contribution in [2.45, 2.75) is 39.0 Å². The second-order valence-corrected chi connectivity index (χ2v) is 3.51. The Kier molecular flexibility index (Phi) is 5.52. The van der Waals surface area contributed by atoms with Crippen LogP contribution in [0, 0.1) is 6.07 Å². The first kappa shape index (κ1) is 11.8. The molecule has 0 amide bonds. The normalized spacial score (nSPS) is 9.93. The largest absolute Gasteiger partial charge is 0.426 e. The fraction of sp³-hybridized carbons (Fsp3) is 0.462. The number of ether oxygens (including phenoxy) is 1. The Morgan fingerprint density at radius 2 is 2.20 bits per heavy atom. The Morgan fingerprint density at radius 3 is 2.87 bits per heavy atom. The van der Waals surface area contributed by atoms with Crippen LogP contribution in [-0.4, -0.2) is 5.97 Å². The summed E-state index contributed by atoms with van der Waals surface area (Å²) in [6, 6.07) is 10.0. The van der Waals surface area contributed by atoms with Gasteiger partial charge in [-0.15, -0.1) is 0 Å². The number of hydrogen-bond donors (Lipinski definition) is 0. The summed E-state index contributed by atoms with van der Waals surface area (Å²) in [5.41, 5.74) is 0. The molecule has 0 aliphatic heterocycles. The third-order valence-corrected chi connectivity index (χ3v) is 2.14. The molecule has 15 heavy (non-hydrogen) atoms. The summed E-state index contributed by atoms with van der Waals surface area (Å²) in [5, 5.41) is 0. The number of hydrogen-bond acceptors (Lipinski definition) is 2. The number of esters is 1. The van der Waals surface area contributed by atoms with Gasteiger partial charge < -0.3 is 4.74 Å². The highest BCUT2D eigenvalue weighted by molar-refractivity contribution is 5.72. The van der Waals surface area contributed by atoms with Gasteiger partial charge in [-0.2, -0.15) is 0 Å². The van der Waals surface area contributed by atoms with Crippen LogP contribution in [0.2, 0.25) is 0 Å². The Labute approximate surface area is 91.3 Å². The maximum Gasteiger partial charge on any atom is 0.311 e. The van der Waals surface area contributed by atoms with Crippen LogP contribution in [0.5, 0.6) is 5.75 Å². The van der Waals surface area contributed by atoms with Gasteiger partial charge in [0.15, 0.2) is 0 Å². The van der Waals surface area contributed by atoms with E-state index in [4.69, 9.17) is 4.74 Å². The summed E-state index contributed by atoms with van der Waals surface area (Å²) in [6.07, 6.45) is 4.89. The highest BCUT2D eigenvalue weighted by Crippen LogP contribution is 2.10. The Balaban J connectivity index is 2.19. The molecule has 0 bridgehead atoms. The molecule has 0 aromatic heterocycles. The summed E-state index contributed by atoms with van der Waals surface area (Å²) >= 11 is 0. The first-order valence-electron chi connectivity index (χ1n) is 5.50. The van der Waals surface area contributed by atoms with Crippen LogP contribution in [-0.2, 0) is 4.79 Å². The molecule has 0 fully saturated rings. The van der Waals surface area contributed by atoms with Crippen molar-refractivity contribution < 1.29 is 9.53 Å². The quantitative estimate of drug-likeness (QED) is 0.404. The molecule has 2 nitrogen and oxygen atoms in total. The molecule has 0 saturated carbocycles. The molecule has 2 heteroatoms. The number of benzene rings is 1. The van der Waals surface area contributed by atoms with Crippen molar-refractivity contribution in [1.82, 2.24) is 0 Å². The van der Waals surface area contributed by atoms with Crippen LogP contribution in [0.25, 0.3) is 0 Å². The van der Waals surface area contributed by atoms with Gasteiger partial charge in [0.05, 0.1) is 0 Å². The number of carbonyl (C=O) groups excluding carboxylic acids is 1. The highest BCUT2D eigenvalue weighted by Gasteiger charge is 2.03. The fourth-order valence-electron chi connectivity index (χ4n) is 1.31. The molecule has 0 aliphatic carbocycles. The second-order valence-electron chi connectivity index (χ2n) is 3.51. The topological polar surface area (TPSA) is 26.3 Å². The lowest BCUT2D eigenvalue weighted by Crippen LogP contribution is -2.07. The maximum atomic E-state index is 11.3. The standard InChI is InChI=1S/C13H17O2/c1-2-3-4-8-11-13(14)15-12-9-6-5-7-10-12/h5-7,9H,2-4,8,11H2,1H3.